The third-order valence-corrected chi connectivity index (χ3v) is 8.54. The minimum absolute atomic E-state index is 0.150. The highest BCUT2D eigenvalue weighted by Crippen LogP contribution is 2.37. The number of benzene rings is 1. The van der Waals surface area contributed by atoms with Crippen molar-refractivity contribution in [1.29, 1.82) is 0 Å². The van der Waals surface area contributed by atoms with E-state index in [1.54, 1.807) is 0 Å². The third kappa shape index (κ3) is 5.39. The molecule has 0 aromatic heterocycles. The maximum absolute atomic E-state index is 13.3. The van der Waals surface area contributed by atoms with Gasteiger partial charge in [-0.15, -0.1) is 13.2 Å². The largest absolute Gasteiger partial charge is 0.573 e. The maximum Gasteiger partial charge on any atom is 0.573 e. The van der Waals surface area contributed by atoms with E-state index in [9.17, 15) is 26.4 Å². The first-order valence-electron chi connectivity index (χ1n) is 11.3. The van der Waals surface area contributed by atoms with Crippen molar-refractivity contribution in [2.24, 2.45) is 5.92 Å². The quantitative estimate of drug-likeness (QED) is 0.616. The number of carbonyl (C=O) groups excluding carboxylic acids is 1. The highest BCUT2D eigenvalue weighted by Gasteiger charge is 2.42. The molecule has 0 unspecified atom stereocenters. The summed E-state index contributed by atoms with van der Waals surface area (Å²) in [6.45, 7) is 0.346. The molecule has 0 bridgehead atoms. The van der Waals surface area contributed by atoms with Gasteiger partial charge in [-0.2, -0.15) is 4.31 Å². The van der Waals surface area contributed by atoms with Crippen LogP contribution in [0, 0.1) is 5.92 Å². The highest BCUT2D eigenvalue weighted by atomic mass is 32.2. The van der Waals surface area contributed by atoms with Crippen LogP contribution in [0.2, 0.25) is 0 Å². The molecule has 6 nitrogen and oxygen atoms in total. The number of hydrogen-bond donors (Lipinski definition) is 0. The molecule has 0 atom stereocenters. The van der Waals surface area contributed by atoms with Crippen molar-refractivity contribution in [3.8, 4) is 5.75 Å². The molecular formula is C22H29F3N2O4S. The van der Waals surface area contributed by atoms with Crippen LogP contribution in [0.25, 0.3) is 0 Å². The summed E-state index contributed by atoms with van der Waals surface area (Å²) in [5.41, 5.74) is 0. The van der Waals surface area contributed by atoms with Gasteiger partial charge in [0, 0.05) is 37.2 Å². The fraction of sp³-hybridized carbons (Fsp3) is 0.682. The van der Waals surface area contributed by atoms with Gasteiger partial charge in [0.25, 0.3) is 0 Å². The van der Waals surface area contributed by atoms with Gasteiger partial charge in [0.15, 0.2) is 0 Å². The van der Waals surface area contributed by atoms with Crippen LogP contribution in [0.4, 0.5) is 13.2 Å². The molecule has 1 aromatic rings. The molecule has 1 aromatic carbocycles. The zero-order chi connectivity index (χ0) is 22.9. The Morgan fingerprint density at radius 2 is 1.59 bits per heavy atom. The van der Waals surface area contributed by atoms with Crippen LogP contribution >= 0.6 is 0 Å². The fourth-order valence-electron chi connectivity index (χ4n) is 4.90. The van der Waals surface area contributed by atoms with Gasteiger partial charge in [-0.25, -0.2) is 8.42 Å². The monoisotopic (exact) mass is 474 g/mol. The normalized spacial score (nSPS) is 22.0. The second kappa shape index (κ2) is 9.21. The van der Waals surface area contributed by atoms with Crippen molar-refractivity contribution in [3.63, 3.8) is 0 Å². The van der Waals surface area contributed by atoms with Crippen LogP contribution in [0.5, 0.6) is 5.75 Å². The van der Waals surface area contributed by atoms with Gasteiger partial charge >= 0.3 is 6.36 Å². The molecule has 0 radical (unpaired) electrons. The minimum atomic E-state index is -4.90. The van der Waals surface area contributed by atoms with E-state index in [2.05, 4.69) is 9.64 Å². The van der Waals surface area contributed by atoms with Gasteiger partial charge in [-0.05, 0) is 50.7 Å². The number of ether oxygens (including phenoxy) is 1. The molecule has 2 aliphatic carbocycles. The fourth-order valence-corrected chi connectivity index (χ4v) is 6.41. The lowest BCUT2D eigenvalue weighted by atomic mass is 9.91. The van der Waals surface area contributed by atoms with Crippen LogP contribution in [-0.2, 0) is 14.8 Å². The molecule has 1 amide bonds. The van der Waals surface area contributed by atoms with Gasteiger partial charge in [-0.1, -0.05) is 25.3 Å². The number of alkyl halides is 3. The van der Waals surface area contributed by atoms with Crippen molar-refractivity contribution in [1.82, 2.24) is 9.21 Å². The molecule has 1 saturated heterocycles. The van der Waals surface area contributed by atoms with Crippen molar-refractivity contribution in [3.05, 3.63) is 24.3 Å². The van der Waals surface area contributed by atoms with E-state index in [1.807, 2.05) is 0 Å². The molecule has 3 fully saturated rings. The summed E-state index contributed by atoms with van der Waals surface area (Å²) in [4.78, 5) is 15.2. The average Bonchev–Trinajstić information content (AvgIpc) is 3.59. The van der Waals surface area contributed by atoms with E-state index in [-0.39, 0.29) is 29.8 Å². The Hall–Kier alpha value is -1.81. The summed E-state index contributed by atoms with van der Waals surface area (Å²) < 4.78 is 68.5. The number of sulfonamides is 1. The SMILES string of the molecule is O=C(C1CCN(S(=O)(=O)c2cccc(OC(F)(F)F)c2)CC1)N(C1CCCCC1)C1CC1. The van der Waals surface area contributed by atoms with Crippen LogP contribution in [0.15, 0.2) is 29.2 Å². The molecule has 178 valence electrons. The van der Waals surface area contributed by atoms with Crippen LogP contribution in [-0.4, -0.2) is 55.1 Å². The standard InChI is InChI=1S/C22H29F3N2O4S/c23-22(24,25)31-19-7-4-8-20(15-19)32(29,30)26-13-11-16(12-14-26)21(28)27(18-9-10-18)17-5-2-1-3-6-17/h4,7-8,15-18H,1-3,5-6,9-14H2. The summed E-state index contributed by atoms with van der Waals surface area (Å²) >= 11 is 0. The Morgan fingerprint density at radius 3 is 2.19 bits per heavy atom. The highest BCUT2D eigenvalue weighted by molar-refractivity contribution is 7.89. The van der Waals surface area contributed by atoms with Crippen molar-refractivity contribution in [2.75, 3.05) is 13.1 Å². The molecule has 4 rings (SSSR count). The van der Waals surface area contributed by atoms with Crippen molar-refractivity contribution in [2.45, 2.75) is 81.1 Å². The molecule has 10 heteroatoms. The topological polar surface area (TPSA) is 66.9 Å². The minimum Gasteiger partial charge on any atom is -0.406 e. The van der Waals surface area contributed by atoms with Crippen LogP contribution in [0.3, 0.4) is 0 Å². The Labute approximate surface area is 186 Å². The number of nitrogens with zero attached hydrogens (tertiary/aromatic N) is 2. The summed E-state index contributed by atoms with van der Waals surface area (Å²) in [6, 6.07) is 5.08. The van der Waals surface area contributed by atoms with E-state index in [4.69, 9.17) is 0 Å². The molecule has 32 heavy (non-hydrogen) atoms. The zero-order valence-electron chi connectivity index (χ0n) is 17.9. The molecule has 0 spiro atoms. The molecule has 3 aliphatic rings. The van der Waals surface area contributed by atoms with E-state index in [0.717, 1.165) is 50.7 Å². The van der Waals surface area contributed by atoms with Crippen molar-refractivity contribution < 1.29 is 31.1 Å². The Bertz CT molecular complexity index is 919. The number of piperidine rings is 1. The number of carbonyl (C=O) groups is 1. The van der Waals surface area contributed by atoms with Gasteiger partial charge in [0.2, 0.25) is 15.9 Å². The Balaban J connectivity index is 1.40. The van der Waals surface area contributed by atoms with Gasteiger partial charge in [0.05, 0.1) is 4.90 Å². The van der Waals surface area contributed by atoms with Gasteiger partial charge in [-0.3, -0.25) is 4.79 Å². The second-order valence-corrected chi connectivity index (χ2v) is 10.9. The predicted octanol–water partition coefficient (Wildman–Crippen LogP) is 4.31. The van der Waals surface area contributed by atoms with Crippen LogP contribution < -0.4 is 4.74 Å². The molecule has 1 aliphatic heterocycles. The lowest BCUT2D eigenvalue weighted by Gasteiger charge is -2.39. The summed E-state index contributed by atoms with van der Waals surface area (Å²) in [5.74, 6) is -0.628. The molecule has 0 N–H and O–H groups in total. The number of amides is 1. The first-order valence-corrected chi connectivity index (χ1v) is 12.8. The van der Waals surface area contributed by atoms with E-state index in [1.165, 1.54) is 22.9 Å². The summed E-state index contributed by atoms with van der Waals surface area (Å²) in [5, 5.41) is 0. The van der Waals surface area contributed by atoms with E-state index >= 15 is 0 Å². The predicted molar refractivity (Wildman–Crippen MR) is 111 cm³/mol. The number of rotatable bonds is 6. The molecule has 2 saturated carbocycles. The summed E-state index contributed by atoms with van der Waals surface area (Å²) in [6.07, 6.45) is 3.65. The van der Waals surface area contributed by atoms with Crippen molar-refractivity contribution >= 4 is 15.9 Å². The third-order valence-electron chi connectivity index (χ3n) is 6.64. The first-order chi connectivity index (χ1) is 15.1. The molecular weight excluding hydrogens is 445 g/mol. The maximum atomic E-state index is 13.3. The van der Waals surface area contributed by atoms with E-state index in [0.29, 0.717) is 24.9 Å². The average molecular weight is 475 g/mol. The second-order valence-electron chi connectivity index (χ2n) is 8.97. The Kier molecular flexibility index (Phi) is 6.72. The van der Waals surface area contributed by atoms with Gasteiger partial charge < -0.3 is 9.64 Å². The lowest BCUT2D eigenvalue weighted by Crippen LogP contribution is -2.49. The first kappa shape index (κ1) is 23.4. The van der Waals surface area contributed by atoms with Crippen LogP contribution in [0.1, 0.15) is 57.8 Å². The smallest absolute Gasteiger partial charge is 0.406 e. The van der Waals surface area contributed by atoms with E-state index < -0.39 is 22.1 Å². The number of hydrogen-bond acceptors (Lipinski definition) is 4. The zero-order valence-corrected chi connectivity index (χ0v) is 18.7. The number of halogens is 3. The Morgan fingerprint density at radius 1 is 0.969 bits per heavy atom. The molecule has 1 heterocycles. The van der Waals surface area contributed by atoms with Gasteiger partial charge in [0.1, 0.15) is 5.75 Å². The lowest BCUT2D eigenvalue weighted by molar-refractivity contribution is -0.274. The summed E-state index contributed by atoms with van der Waals surface area (Å²) in [7, 11) is -3.97.